The van der Waals surface area contributed by atoms with Crippen LogP contribution in [0.4, 0.5) is 0 Å². The van der Waals surface area contributed by atoms with Crippen LogP contribution in [0.25, 0.3) is 0 Å². The number of para-hydroxylation sites is 1. The molecule has 0 aliphatic rings. The largest absolute Gasteiger partial charge is 0.493 e. The van der Waals surface area contributed by atoms with E-state index < -0.39 is 6.10 Å². The highest BCUT2D eigenvalue weighted by Crippen LogP contribution is 2.36. The summed E-state index contributed by atoms with van der Waals surface area (Å²) in [5, 5.41) is 13.1. The van der Waals surface area contributed by atoms with Gasteiger partial charge in [0, 0.05) is 30.1 Å². The zero-order valence-electron chi connectivity index (χ0n) is 19.8. The molecule has 0 saturated carbocycles. The molecule has 0 fully saturated rings. The van der Waals surface area contributed by atoms with Gasteiger partial charge >= 0.3 is 0 Å². The Labute approximate surface area is 199 Å². The maximum atomic E-state index is 12.7. The molecule has 0 saturated heterocycles. The zero-order chi connectivity index (χ0) is 24.5. The van der Waals surface area contributed by atoms with Crippen molar-refractivity contribution in [1.29, 1.82) is 0 Å². The highest BCUT2D eigenvalue weighted by atomic mass is 16.5. The van der Waals surface area contributed by atoms with Gasteiger partial charge in [0.2, 0.25) is 5.75 Å². The Kier molecular flexibility index (Phi) is 8.70. The fourth-order valence-corrected chi connectivity index (χ4v) is 3.46. The highest BCUT2D eigenvalue weighted by Gasteiger charge is 2.16. The molecule has 0 aliphatic carbocycles. The number of pyridine rings is 1. The third kappa shape index (κ3) is 6.39. The molecule has 1 atom stereocenters. The number of aliphatic hydroxyl groups excluding tert-OH is 1. The molecule has 8 heteroatoms. The number of aromatic nitrogens is 1. The lowest BCUT2D eigenvalue weighted by Gasteiger charge is -2.17. The van der Waals surface area contributed by atoms with Crippen molar-refractivity contribution in [3.05, 3.63) is 77.1 Å². The Morgan fingerprint density at radius 1 is 1.00 bits per heavy atom. The third-order valence-corrected chi connectivity index (χ3v) is 5.13. The summed E-state index contributed by atoms with van der Waals surface area (Å²) < 4.78 is 22.2. The number of benzene rings is 2. The van der Waals surface area contributed by atoms with Gasteiger partial charge in [-0.15, -0.1) is 0 Å². The van der Waals surface area contributed by atoms with Gasteiger partial charge in [-0.05, 0) is 55.3 Å². The van der Waals surface area contributed by atoms with E-state index in [4.69, 9.17) is 18.9 Å². The van der Waals surface area contributed by atoms with E-state index in [9.17, 15) is 9.90 Å². The van der Waals surface area contributed by atoms with Gasteiger partial charge in [-0.3, -0.25) is 9.78 Å². The Hall–Kier alpha value is -3.78. The van der Waals surface area contributed by atoms with E-state index in [1.54, 1.807) is 42.7 Å². The van der Waals surface area contributed by atoms with Crippen molar-refractivity contribution in [2.45, 2.75) is 26.6 Å². The van der Waals surface area contributed by atoms with Crippen LogP contribution >= 0.6 is 0 Å². The maximum Gasteiger partial charge on any atom is 0.251 e. The van der Waals surface area contributed by atoms with Crippen LogP contribution in [0.2, 0.25) is 0 Å². The number of hydrogen-bond donors (Lipinski definition) is 2. The van der Waals surface area contributed by atoms with Crippen LogP contribution < -0.4 is 24.3 Å². The number of ether oxygens (including phenoxy) is 4. The Morgan fingerprint density at radius 3 is 2.26 bits per heavy atom. The maximum absolute atomic E-state index is 12.7. The summed E-state index contributed by atoms with van der Waals surface area (Å²) in [7, 11) is 3.05. The number of carbonyl (C=O) groups is 1. The molecule has 2 aromatic carbocycles. The topological polar surface area (TPSA) is 99.1 Å². The first-order valence-electron chi connectivity index (χ1n) is 10.9. The van der Waals surface area contributed by atoms with Crippen molar-refractivity contribution >= 4 is 5.91 Å². The van der Waals surface area contributed by atoms with Crippen molar-refractivity contribution in [1.82, 2.24) is 10.3 Å². The minimum absolute atomic E-state index is 0.0215. The quantitative estimate of drug-likeness (QED) is 0.446. The van der Waals surface area contributed by atoms with Crippen LogP contribution in [0, 0.1) is 13.8 Å². The minimum Gasteiger partial charge on any atom is -0.493 e. The standard InChI is InChI=1S/C26H30N2O6/c1-17-11-20(12-18(2)24(17)33-15-19-7-6-10-27-13-19)26(30)28-14-21(29)16-34-25-22(31-3)8-5-9-23(25)32-4/h5-13,21,29H,14-16H2,1-4H3,(H,28,30). The first kappa shape index (κ1) is 24.9. The molecule has 1 aromatic heterocycles. The summed E-state index contributed by atoms with van der Waals surface area (Å²) in [6.45, 7) is 4.16. The third-order valence-electron chi connectivity index (χ3n) is 5.13. The van der Waals surface area contributed by atoms with E-state index in [1.165, 1.54) is 14.2 Å². The lowest BCUT2D eigenvalue weighted by atomic mass is 10.0. The second-order valence-corrected chi connectivity index (χ2v) is 7.76. The number of methoxy groups -OCH3 is 2. The van der Waals surface area contributed by atoms with E-state index in [0.29, 0.717) is 29.4 Å². The smallest absolute Gasteiger partial charge is 0.251 e. The number of aliphatic hydroxyl groups is 1. The summed E-state index contributed by atoms with van der Waals surface area (Å²) in [6.07, 6.45) is 2.54. The lowest BCUT2D eigenvalue weighted by Crippen LogP contribution is -2.35. The molecule has 2 N–H and O–H groups in total. The van der Waals surface area contributed by atoms with Crippen molar-refractivity contribution < 1.29 is 28.8 Å². The molecule has 180 valence electrons. The van der Waals surface area contributed by atoms with Gasteiger partial charge in [0.1, 0.15) is 25.1 Å². The molecule has 3 aromatic rings. The number of nitrogens with one attached hydrogen (secondary N) is 1. The molecule has 1 heterocycles. The van der Waals surface area contributed by atoms with Gasteiger partial charge in [0.25, 0.3) is 5.91 Å². The summed E-state index contributed by atoms with van der Waals surface area (Å²) in [5.74, 6) is 1.82. The van der Waals surface area contributed by atoms with Gasteiger partial charge in [-0.1, -0.05) is 12.1 Å². The number of rotatable bonds is 11. The molecule has 8 nitrogen and oxygen atoms in total. The van der Waals surface area contributed by atoms with Crippen molar-refractivity contribution in [2.24, 2.45) is 0 Å². The second kappa shape index (κ2) is 11.9. The zero-order valence-corrected chi connectivity index (χ0v) is 19.8. The number of carbonyl (C=O) groups excluding carboxylic acids is 1. The van der Waals surface area contributed by atoms with E-state index in [1.807, 2.05) is 26.0 Å². The molecule has 0 aliphatic heterocycles. The van der Waals surface area contributed by atoms with Gasteiger partial charge in [0.05, 0.1) is 14.2 Å². The first-order valence-corrected chi connectivity index (χ1v) is 10.9. The molecule has 3 rings (SSSR count). The van der Waals surface area contributed by atoms with Gasteiger partial charge < -0.3 is 29.4 Å². The van der Waals surface area contributed by atoms with E-state index >= 15 is 0 Å². The number of nitrogens with zero attached hydrogens (tertiary/aromatic N) is 1. The van der Waals surface area contributed by atoms with Gasteiger partial charge in [0.15, 0.2) is 11.5 Å². The average molecular weight is 467 g/mol. The molecule has 1 amide bonds. The Balaban J connectivity index is 1.55. The first-order chi connectivity index (χ1) is 16.4. The van der Waals surface area contributed by atoms with Gasteiger partial charge in [-0.2, -0.15) is 0 Å². The van der Waals surface area contributed by atoms with E-state index in [2.05, 4.69) is 10.3 Å². The summed E-state index contributed by atoms with van der Waals surface area (Å²) in [5.41, 5.74) is 3.15. The second-order valence-electron chi connectivity index (χ2n) is 7.76. The van der Waals surface area contributed by atoms with Crippen LogP contribution in [0.3, 0.4) is 0 Å². The van der Waals surface area contributed by atoms with Crippen LogP contribution in [0.15, 0.2) is 54.9 Å². The van der Waals surface area contributed by atoms with Crippen LogP contribution in [-0.2, 0) is 6.61 Å². The van der Waals surface area contributed by atoms with Crippen LogP contribution in [-0.4, -0.2) is 49.5 Å². The molecule has 34 heavy (non-hydrogen) atoms. The Morgan fingerprint density at radius 2 is 1.68 bits per heavy atom. The molecular weight excluding hydrogens is 436 g/mol. The van der Waals surface area contributed by atoms with Crippen molar-refractivity contribution in [3.63, 3.8) is 0 Å². The predicted octanol–water partition coefficient (Wildman–Crippen LogP) is 3.46. The molecular formula is C26H30N2O6. The Bertz CT molecular complexity index is 1060. The lowest BCUT2D eigenvalue weighted by molar-refractivity contribution is 0.0833. The van der Waals surface area contributed by atoms with Gasteiger partial charge in [-0.25, -0.2) is 0 Å². The number of aryl methyl sites for hydroxylation is 2. The summed E-state index contributed by atoms with van der Waals surface area (Å²) >= 11 is 0. The number of amides is 1. The van der Waals surface area contributed by atoms with E-state index in [0.717, 1.165) is 22.4 Å². The molecule has 1 unspecified atom stereocenters. The minimum atomic E-state index is -0.928. The monoisotopic (exact) mass is 466 g/mol. The number of hydrogen-bond acceptors (Lipinski definition) is 7. The fourth-order valence-electron chi connectivity index (χ4n) is 3.46. The summed E-state index contributed by atoms with van der Waals surface area (Å²) in [4.78, 5) is 16.8. The molecule has 0 radical (unpaired) electrons. The van der Waals surface area contributed by atoms with Crippen molar-refractivity contribution in [3.8, 4) is 23.0 Å². The average Bonchev–Trinajstić information content (AvgIpc) is 2.85. The van der Waals surface area contributed by atoms with Crippen molar-refractivity contribution in [2.75, 3.05) is 27.4 Å². The van der Waals surface area contributed by atoms with Crippen LogP contribution in [0.1, 0.15) is 27.0 Å². The van der Waals surface area contributed by atoms with E-state index in [-0.39, 0.29) is 19.1 Å². The predicted molar refractivity (Wildman–Crippen MR) is 128 cm³/mol. The van der Waals surface area contributed by atoms with Crippen LogP contribution in [0.5, 0.6) is 23.0 Å². The highest BCUT2D eigenvalue weighted by molar-refractivity contribution is 5.94. The SMILES string of the molecule is COc1cccc(OC)c1OCC(O)CNC(=O)c1cc(C)c(OCc2cccnc2)c(C)c1. The molecule has 0 bridgehead atoms. The normalized spacial score (nSPS) is 11.4. The fraction of sp³-hybridized carbons (Fsp3) is 0.308. The summed E-state index contributed by atoms with van der Waals surface area (Å²) in [6, 6.07) is 12.6. The molecule has 0 spiro atoms.